The minimum absolute atomic E-state index is 0.141. The number of hydrogen-bond donors (Lipinski definition) is 1. The molecule has 2 N–H and O–H groups in total. The lowest BCUT2D eigenvalue weighted by molar-refractivity contribution is -0.390. The van der Waals surface area contributed by atoms with E-state index in [9.17, 15) is 10.1 Å². The zero-order valence-corrected chi connectivity index (χ0v) is 5.26. The highest BCUT2D eigenvalue weighted by Gasteiger charge is 2.18. The van der Waals surface area contributed by atoms with Crippen molar-refractivity contribution >= 4 is 5.82 Å². The van der Waals surface area contributed by atoms with E-state index in [1.165, 1.54) is 0 Å². The van der Waals surface area contributed by atoms with Crippen LogP contribution in [0.15, 0.2) is 6.20 Å². The van der Waals surface area contributed by atoms with Crippen LogP contribution in [-0.4, -0.2) is 14.8 Å². The van der Waals surface area contributed by atoms with E-state index in [0.717, 1.165) is 11.0 Å². The lowest BCUT2D eigenvalue weighted by Gasteiger charge is -1.83. The first-order valence-electron chi connectivity index (χ1n) is 2.54. The molecule has 7 nitrogen and oxygen atoms in total. The van der Waals surface area contributed by atoms with E-state index in [1.807, 2.05) is 0 Å². The summed E-state index contributed by atoms with van der Waals surface area (Å²) in [5.74, 6) is 4.52. The van der Waals surface area contributed by atoms with Crippen LogP contribution in [0.5, 0.6) is 0 Å². The summed E-state index contributed by atoms with van der Waals surface area (Å²) in [7, 11) is 0. The highest BCUT2D eigenvalue weighted by atomic mass is 16.6. The molecule has 0 unspecified atom stereocenters. The lowest BCUT2D eigenvalue weighted by atomic mass is 10.4. The van der Waals surface area contributed by atoms with Gasteiger partial charge in [-0.05, 0) is 4.92 Å². The SMILES string of the molecule is N#Cc1cn(N)nc1[N+](=O)[O-]. The van der Waals surface area contributed by atoms with Crippen LogP contribution in [0.3, 0.4) is 0 Å². The van der Waals surface area contributed by atoms with Crippen LogP contribution < -0.4 is 5.84 Å². The smallest absolute Gasteiger partial charge is 0.358 e. The van der Waals surface area contributed by atoms with Crippen molar-refractivity contribution in [2.24, 2.45) is 0 Å². The molecule has 0 fully saturated rings. The molecule has 0 aliphatic heterocycles. The topological polar surface area (TPSA) is 111 Å². The fraction of sp³-hybridized carbons (Fsp3) is 0. The standard InChI is InChI=1S/C4H3N5O2/c5-1-3-2-8(6)7-4(3)9(10)11/h2H,6H2. The van der Waals surface area contributed by atoms with Crippen molar-refractivity contribution < 1.29 is 4.92 Å². The number of nitrogens with zero attached hydrogens (tertiary/aromatic N) is 4. The highest BCUT2D eigenvalue weighted by Crippen LogP contribution is 2.11. The largest absolute Gasteiger partial charge is 0.410 e. The number of hydrogen-bond acceptors (Lipinski definition) is 5. The summed E-state index contributed by atoms with van der Waals surface area (Å²) in [5, 5.41) is 21.7. The van der Waals surface area contributed by atoms with E-state index >= 15 is 0 Å². The van der Waals surface area contributed by atoms with Crippen LogP contribution >= 0.6 is 0 Å². The van der Waals surface area contributed by atoms with E-state index in [2.05, 4.69) is 5.10 Å². The van der Waals surface area contributed by atoms with Crippen molar-refractivity contribution in [2.75, 3.05) is 5.84 Å². The number of nitrogens with two attached hydrogens (primary N) is 1. The predicted molar refractivity (Wildman–Crippen MR) is 33.7 cm³/mol. The third kappa shape index (κ3) is 1.09. The number of rotatable bonds is 1. The predicted octanol–water partition coefficient (Wildman–Crippen LogP) is -0.623. The van der Waals surface area contributed by atoms with Crippen LogP contribution in [0.25, 0.3) is 0 Å². The van der Waals surface area contributed by atoms with Crippen LogP contribution in [0.4, 0.5) is 5.82 Å². The van der Waals surface area contributed by atoms with E-state index < -0.39 is 10.7 Å². The minimum Gasteiger partial charge on any atom is -0.358 e. The van der Waals surface area contributed by atoms with Crippen molar-refractivity contribution in [1.82, 2.24) is 9.89 Å². The molecule has 11 heavy (non-hydrogen) atoms. The molecule has 0 aliphatic carbocycles. The van der Waals surface area contributed by atoms with Gasteiger partial charge in [-0.2, -0.15) is 5.26 Å². The van der Waals surface area contributed by atoms with E-state index in [0.29, 0.717) is 0 Å². The van der Waals surface area contributed by atoms with Crippen LogP contribution in [0.2, 0.25) is 0 Å². The quantitative estimate of drug-likeness (QED) is 0.328. The molecule has 0 radical (unpaired) electrons. The average Bonchev–Trinajstić information content (AvgIpc) is 2.30. The van der Waals surface area contributed by atoms with Gasteiger partial charge in [0.25, 0.3) is 0 Å². The summed E-state index contributed by atoms with van der Waals surface area (Å²) in [5.41, 5.74) is -0.141. The maximum Gasteiger partial charge on any atom is 0.410 e. The lowest BCUT2D eigenvalue weighted by Crippen LogP contribution is -2.08. The molecule has 56 valence electrons. The monoisotopic (exact) mass is 153 g/mol. The second-order valence-electron chi connectivity index (χ2n) is 1.72. The van der Waals surface area contributed by atoms with Crippen LogP contribution in [0, 0.1) is 21.4 Å². The average molecular weight is 153 g/mol. The molecule has 0 aromatic carbocycles. The summed E-state index contributed by atoms with van der Waals surface area (Å²) in [6.45, 7) is 0. The maximum atomic E-state index is 10.1. The highest BCUT2D eigenvalue weighted by molar-refractivity contribution is 5.40. The molecule has 1 heterocycles. The van der Waals surface area contributed by atoms with E-state index in [1.54, 1.807) is 6.07 Å². The Morgan fingerprint density at radius 3 is 2.91 bits per heavy atom. The van der Waals surface area contributed by atoms with Gasteiger partial charge in [0.1, 0.15) is 6.07 Å². The molecular formula is C4H3N5O2. The van der Waals surface area contributed by atoms with Crippen molar-refractivity contribution in [2.45, 2.75) is 0 Å². The molecule has 0 bridgehead atoms. The summed E-state index contributed by atoms with van der Waals surface area (Å²) >= 11 is 0. The Bertz CT molecular complexity index is 335. The summed E-state index contributed by atoms with van der Waals surface area (Å²) in [4.78, 5) is 10.1. The number of aromatic nitrogens is 2. The first-order valence-corrected chi connectivity index (χ1v) is 2.54. The summed E-state index contributed by atoms with van der Waals surface area (Å²) < 4.78 is 0. The maximum absolute atomic E-state index is 10.1. The van der Waals surface area contributed by atoms with Crippen LogP contribution in [0.1, 0.15) is 5.56 Å². The number of nitrogen functional groups attached to an aromatic ring is 1. The molecule has 0 atom stereocenters. The molecule has 1 rings (SSSR count). The van der Waals surface area contributed by atoms with Gasteiger partial charge in [-0.15, -0.1) is 0 Å². The third-order valence-electron chi connectivity index (χ3n) is 1.01. The molecule has 0 aliphatic rings. The molecule has 0 saturated heterocycles. The van der Waals surface area contributed by atoms with Crippen molar-refractivity contribution in [1.29, 1.82) is 5.26 Å². The molecule has 1 aromatic heterocycles. The second kappa shape index (κ2) is 2.26. The summed E-state index contributed by atoms with van der Waals surface area (Å²) in [6, 6.07) is 1.59. The van der Waals surface area contributed by atoms with Crippen LogP contribution in [-0.2, 0) is 0 Å². The Kier molecular flexibility index (Phi) is 1.44. The van der Waals surface area contributed by atoms with Gasteiger partial charge in [0, 0.05) is 0 Å². The minimum atomic E-state index is -0.762. The fourth-order valence-electron chi connectivity index (χ4n) is 0.596. The molecule has 1 aromatic rings. The van der Waals surface area contributed by atoms with E-state index in [4.69, 9.17) is 11.1 Å². The molecule has 7 heteroatoms. The van der Waals surface area contributed by atoms with Gasteiger partial charge in [-0.3, -0.25) is 0 Å². The zero-order valence-electron chi connectivity index (χ0n) is 5.26. The van der Waals surface area contributed by atoms with E-state index in [-0.39, 0.29) is 5.56 Å². The third-order valence-corrected chi connectivity index (χ3v) is 1.01. The first kappa shape index (κ1) is 7.01. The Morgan fingerprint density at radius 2 is 2.55 bits per heavy atom. The fourth-order valence-corrected chi connectivity index (χ4v) is 0.596. The molecular weight excluding hydrogens is 150 g/mol. The van der Waals surface area contributed by atoms with Crippen molar-refractivity contribution in [3.05, 3.63) is 21.9 Å². The van der Waals surface area contributed by atoms with Gasteiger partial charge >= 0.3 is 5.82 Å². The molecule has 0 saturated carbocycles. The normalized spacial score (nSPS) is 9.00. The van der Waals surface area contributed by atoms with Gasteiger partial charge < -0.3 is 16.0 Å². The van der Waals surface area contributed by atoms with Gasteiger partial charge in [0.15, 0.2) is 5.56 Å². The Hall–Kier alpha value is -2.10. The van der Waals surface area contributed by atoms with Gasteiger partial charge in [0.05, 0.1) is 11.3 Å². The Labute approximate surface area is 60.8 Å². The summed E-state index contributed by atoms with van der Waals surface area (Å²) in [6.07, 6.45) is 1.08. The Balaban J connectivity index is 3.26. The van der Waals surface area contributed by atoms with Crippen molar-refractivity contribution in [3.63, 3.8) is 0 Å². The van der Waals surface area contributed by atoms with Gasteiger partial charge in [-0.25, -0.2) is 0 Å². The molecule has 0 amide bonds. The number of nitriles is 1. The van der Waals surface area contributed by atoms with Gasteiger partial charge in [0.2, 0.25) is 0 Å². The van der Waals surface area contributed by atoms with Gasteiger partial charge in [-0.1, -0.05) is 4.79 Å². The number of nitro groups is 1. The first-order chi connectivity index (χ1) is 5.15. The second-order valence-corrected chi connectivity index (χ2v) is 1.72. The zero-order chi connectivity index (χ0) is 8.43. The van der Waals surface area contributed by atoms with Crippen molar-refractivity contribution in [3.8, 4) is 6.07 Å². The molecule has 0 spiro atoms. The Morgan fingerprint density at radius 1 is 1.91 bits per heavy atom.